The first-order chi connectivity index (χ1) is 11.9. The van der Waals surface area contributed by atoms with Gasteiger partial charge in [-0.05, 0) is 49.0 Å². The predicted octanol–water partition coefficient (Wildman–Crippen LogP) is 3.00. The van der Waals surface area contributed by atoms with Crippen LogP contribution in [0, 0.1) is 6.92 Å². The number of rotatable bonds is 3. The van der Waals surface area contributed by atoms with E-state index in [0.717, 1.165) is 11.1 Å². The second-order valence-electron chi connectivity index (χ2n) is 5.15. The number of hydrogen-bond donors (Lipinski definition) is 3. The van der Waals surface area contributed by atoms with Crippen molar-refractivity contribution in [2.75, 3.05) is 0 Å². The molecule has 2 amide bonds. The minimum atomic E-state index is -0.422. The molecular formula is C18H16ClN3O2S. The third-order valence-corrected chi connectivity index (χ3v) is 3.56. The van der Waals surface area contributed by atoms with Crippen LogP contribution < -0.4 is 16.2 Å². The predicted molar refractivity (Wildman–Crippen MR) is 103 cm³/mol. The first-order valence-corrected chi connectivity index (χ1v) is 8.14. The topological polar surface area (TPSA) is 70.2 Å². The molecule has 0 aliphatic carbocycles. The molecule has 0 saturated carbocycles. The number of benzene rings is 2. The number of carbonyl (C=O) groups is 2. The summed E-state index contributed by atoms with van der Waals surface area (Å²) in [5.74, 6) is -0.829. The summed E-state index contributed by atoms with van der Waals surface area (Å²) in [5.41, 5.74) is 7.25. The fourth-order valence-corrected chi connectivity index (χ4v) is 2.19. The highest BCUT2D eigenvalue weighted by Crippen LogP contribution is 2.10. The molecule has 0 saturated heterocycles. The van der Waals surface area contributed by atoms with Crippen LogP contribution in [0.4, 0.5) is 0 Å². The van der Waals surface area contributed by atoms with Crippen molar-refractivity contribution in [1.82, 2.24) is 16.2 Å². The van der Waals surface area contributed by atoms with Crippen molar-refractivity contribution in [2.45, 2.75) is 6.92 Å². The standard InChI is InChI=1S/C18H16ClN3O2S/c1-12-5-7-13(8-6-12)9-10-16(23)20-18(25)22-21-17(24)14-3-2-4-15(19)11-14/h2-11H,1H3,(H,21,24)(H2,20,22,23,25). The first kappa shape index (κ1) is 18.6. The summed E-state index contributed by atoms with van der Waals surface area (Å²) in [6.07, 6.45) is 3.03. The van der Waals surface area contributed by atoms with E-state index in [0.29, 0.717) is 10.6 Å². The summed E-state index contributed by atoms with van der Waals surface area (Å²) < 4.78 is 0. The summed E-state index contributed by atoms with van der Waals surface area (Å²) in [6, 6.07) is 14.2. The molecule has 0 aromatic heterocycles. The van der Waals surface area contributed by atoms with E-state index in [9.17, 15) is 9.59 Å². The Hall–Kier alpha value is -2.70. The van der Waals surface area contributed by atoms with E-state index < -0.39 is 11.8 Å². The van der Waals surface area contributed by atoms with Crippen LogP contribution >= 0.6 is 23.8 Å². The molecular weight excluding hydrogens is 358 g/mol. The fourth-order valence-electron chi connectivity index (χ4n) is 1.85. The Morgan fingerprint density at radius 3 is 2.48 bits per heavy atom. The minimum absolute atomic E-state index is 0.0195. The molecule has 2 rings (SSSR count). The normalized spacial score (nSPS) is 10.3. The van der Waals surface area contributed by atoms with Gasteiger partial charge in [0, 0.05) is 16.7 Å². The van der Waals surface area contributed by atoms with Gasteiger partial charge in [0.15, 0.2) is 5.11 Å². The SMILES string of the molecule is Cc1ccc(C=CC(=O)NC(=S)NNC(=O)c2cccc(Cl)c2)cc1. The molecule has 0 atom stereocenters. The molecule has 0 aliphatic heterocycles. The Bertz CT molecular complexity index is 819. The van der Waals surface area contributed by atoms with Crippen LogP contribution in [0.15, 0.2) is 54.6 Å². The van der Waals surface area contributed by atoms with Gasteiger partial charge in [-0.25, -0.2) is 0 Å². The Morgan fingerprint density at radius 2 is 1.80 bits per heavy atom. The molecule has 7 heteroatoms. The summed E-state index contributed by atoms with van der Waals surface area (Å²) in [6.45, 7) is 1.99. The average Bonchev–Trinajstić information content (AvgIpc) is 2.59. The van der Waals surface area contributed by atoms with Crippen molar-refractivity contribution < 1.29 is 9.59 Å². The van der Waals surface area contributed by atoms with Crippen molar-refractivity contribution in [3.8, 4) is 0 Å². The molecule has 2 aromatic carbocycles. The van der Waals surface area contributed by atoms with Gasteiger partial charge in [-0.2, -0.15) is 0 Å². The average molecular weight is 374 g/mol. The third kappa shape index (κ3) is 6.37. The van der Waals surface area contributed by atoms with Gasteiger partial charge >= 0.3 is 0 Å². The van der Waals surface area contributed by atoms with Crippen molar-refractivity contribution in [3.05, 3.63) is 76.3 Å². The van der Waals surface area contributed by atoms with Crippen LogP contribution in [-0.2, 0) is 4.79 Å². The summed E-state index contributed by atoms with van der Waals surface area (Å²) in [4.78, 5) is 23.7. The maximum Gasteiger partial charge on any atom is 0.269 e. The van der Waals surface area contributed by atoms with Gasteiger partial charge in [-0.1, -0.05) is 47.5 Å². The van der Waals surface area contributed by atoms with Gasteiger partial charge in [0.1, 0.15) is 0 Å². The van der Waals surface area contributed by atoms with Crippen LogP contribution in [0.1, 0.15) is 21.5 Å². The number of amides is 2. The molecule has 5 nitrogen and oxygen atoms in total. The lowest BCUT2D eigenvalue weighted by atomic mass is 10.1. The molecule has 128 valence electrons. The van der Waals surface area contributed by atoms with Crippen LogP contribution in [0.2, 0.25) is 5.02 Å². The van der Waals surface area contributed by atoms with Crippen LogP contribution in [-0.4, -0.2) is 16.9 Å². The van der Waals surface area contributed by atoms with E-state index in [1.54, 1.807) is 24.3 Å². The minimum Gasteiger partial charge on any atom is -0.298 e. The number of aryl methyl sites for hydroxylation is 1. The van der Waals surface area contributed by atoms with Crippen LogP contribution in [0.25, 0.3) is 6.08 Å². The molecule has 0 fully saturated rings. The van der Waals surface area contributed by atoms with E-state index in [1.165, 1.54) is 12.1 Å². The van der Waals surface area contributed by atoms with E-state index in [1.807, 2.05) is 31.2 Å². The highest BCUT2D eigenvalue weighted by molar-refractivity contribution is 7.80. The molecule has 2 aromatic rings. The largest absolute Gasteiger partial charge is 0.298 e. The highest BCUT2D eigenvalue weighted by Gasteiger charge is 2.07. The van der Waals surface area contributed by atoms with Gasteiger partial charge in [-0.15, -0.1) is 0 Å². The van der Waals surface area contributed by atoms with Gasteiger partial charge in [0.2, 0.25) is 5.91 Å². The molecule has 25 heavy (non-hydrogen) atoms. The quantitative estimate of drug-likeness (QED) is 0.439. The fraction of sp³-hybridized carbons (Fsp3) is 0.0556. The molecule has 0 aliphatic rings. The maximum absolute atomic E-state index is 11.9. The number of halogens is 1. The Labute approximate surface area is 156 Å². The number of hydrazine groups is 1. The maximum atomic E-state index is 11.9. The van der Waals surface area contributed by atoms with E-state index in [4.69, 9.17) is 23.8 Å². The van der Waals surface area contributed by atoms with Crippen molar-refractivity contribution >= 4 is 46.8 Å². The van der Waals surface area contributed by atoms with E-state index >= 15 is 0 Å². The lowest BCUT2D eigenvalue weighted by Crippen LogP contribution is -2.48. The zero-order chi connectivity index (χ0) is 18.2. The van der Waals surface area contributed by atoms with Crippen molar-refractivity contribution in [1.29, 1.82) is 0 Å². The van der Waals surface area contributed by atoms with Crippen molar-refractivity contribution in [3.63, 3.8) is 0 Å². The molecule has 3 N–H and O–H groups in total. The molecule has 0 bridgehead atoms. The third-order valence-electron chi connectivity index (χ3n) is 3.12. The Balaban J connectivity index is 1.80. The smallest absolute Gasteiger partial charge is 0.269 e. The van der Waals surface area contributed by atoms with E-state index in [2.05, 4.69) is 16.2 Å². The molecule has 0 spiro atoms. The van der Waals surface area contributed by atoms with Gasteiger partial charge in [0.05, 0.1) is 0 Å². The lowest BCUT2D eigenvalue weighted by Gasteiger charge is -2.09. The number of nitrogens with one attached hydrogen (secondary N) is 3. The second kappa shape index (κ2) is 8.96. The number of hydrogen-bond acceptors (Lipinski definition) is 3. The van der Waals surface area contributed by atoms with Gasteiger partial charge in [0.25, 0.3) is 5.91 Å². The first-order valence-electron chi connectivity index (χ1n) is 7.35. The Kier molecular flexibility index (Phi) is 6.68. The molecule has 0 heterocycles. The van der Waals surface area contributed by atoms with E-state index in [-0.39, 0.29) is 5.11 Å². The van der Waals surface area contributed by atoms with Crippen LogP contribution in [0.5, 0.6) is 0 Å². The molecule has 0 unspecified atom stereocenters. The zero-order valence-corrected chi connectivity index (χ0v) is 14.9. The van der Waals surface area contributed by atoms with Crippen molar-refractivity contribution in [2.24, 2.45) is 0 Å². The number of carbonyl (C=O) groups excluding carboxylic acids is 2. The number of thiocarbonyl (C=S) groups is 1. The summed E-state index contributed by atoms with van der Waals surface area (Å²) in [5, 5.41) is 2.86. The van der Waals surface area contributed by atoms with Gasteiger partial charge < -0.3 is 0 Å². The van der Waals surface area contributed by atoms with Gasteiger partial charge in [-0.3, -0.25) is 25.8 Å². The summed E-state index contributed by atoms with van der Waals surface area (Å²) >= 11 is 10.8. The summed E-state index contributed by atoms with van der Waals surface area (Å²) in [7, 11) is 0. The Morgan fingerprint density at radius 1 is 1.08 bits per heavy atom. The zero-order valence-electron chi connectivity index (χ0n) is 13.4. The molecule has 0 radical (unpaired) electrons. The van der Waals surface area contributed by atoms with Crippen LogP contribution in [0.3, 0.4) is 0 Å². The lowest BCUT2D eigenvalue weighted by molar-refractivity contribution is -0.115. The monoisotopic (exact) mass is 373 g/mol. The highest BCUT2D eigenvalue weighted by atomic mass is 35.5. The second-order valence-corrected chi connectivity index (χ2v) is 6.00.